The maximum atomic E-state index is 10.0. The molecule has 110 valence electrons. The Morgan fingerprint density at radius 2 is 1.76 bits per heavy atom. The van der Waals surface area contributed by atoms with Crippen molar-refractivity contribution in [3.8, 4) is 11.5 Å². The molecule has 0 fully saturated rings. The summed E-state index contributed by atoms with van der Waals surface area (Å²) in [6.07, 6.45) is 0.704. The van der Waals surface area contributed by atoms with Crippen LogP contribution in [0.3, 0.4) is 0 Å². The van der Waals surface area contributed by atoms with Gasteiger partial charge < -0.3 is 10.2 Å². The number of phenolic OH excluding ortho intramolecular Hbond substituents is 2. The van der Waals surface area contributed by atoms with Crippen LogP contribution in [0.4, 0.5) is 5.69 Å². The third-order valence-electron chi connectivity index (χ3n) is 3.61. The summed E-state index contributed by atoms with van der Waals surface area (Å²) in [5.41, 5.74) is 5.38. The smallest absolute Gasteiger partial charge is 0.128 e. The van der Waals surface area contributed by atoms with E-state index in [0.717, 1.165) is 22.5 Å². The molecule has 0 amide bonds. The van der Waals surface area contributed by atoms with Crippen LogP contribution in [0, 0.1) is 13.8 Å². The molecule has 2 aromatic rings. The lowest BCUT2D eigenvalue weighted by molar-refractivity contribution is 0.446. The number of rotatable bonds is 3. The highest BCUT2D eigenvalue weighted by Crippen LogP contribution is 2.29. The summed E-state index contributed by atoms with van der Waals surface area (Å²) < 4.78 is 0. The van der Waals surface area contributed by atoms with Crippen LogP contribution in [0.5, 0.6) is 11.5 Å². The van der Waals surface area contributed by atoms with Gasteiger partial charge in [0, 0.05) is 17.3 Å². The molecule has 2 aromatic carbocycles. The molecule has 0 radical (unpaired) electrons. The number of hydrogen-bond donors (Lipinski definition) is 2. The van der Waals surface area contributed by atoms with Gasteiger partial charge in [0.15, 0.2) is 0 Å². The molecule has 0 saturated carbocycles. The average molecular weight is 283 g/mol. The number of aliphatic imine (C=N–C) groups is 1. The maximum Gasteiger partial charge on any atom is 0.128 e. The first-order valence-electron chi connectivity index (χ1n) is 7.10. The van der Waals surface area contributed by atoms with E-state index in [2.05, 4.69) is 11.1 Å². The number of aromatic hydroxyl groups is 2. The van der Waals surface area contributed by atoms with Crippen molar-refractivity contribution in [3.05, 3.63) is 52.6 Å². The normalized spacial score (nSPS) is 11.7. The summed E-state index contributed by atoms with van der Waals surface area (Å²) in [6.45, 7) is 7.90. The minimum absolute atomic E-state index is 0.0516. The predicted octanol–water partition coefficient (Wildman–Crippen LogP) is 4.42. The van der Waals surface area contributed by atoms with E-state index in [9.17, 15) is 10.2 Å². The Balaban J connectivity index is 2.48. The third kappa shape index (κ3) is 3.24. The topological polar surface area (TPSA) is 52.8 Å². The van der Waals surface area contributed by atoms with Gasteiger partial charge >= 0.3 is 0 Å². The van der Waals surface area contributed by atoms with Crippen molar-refractivity contribution in [2.75, 3.05) is 0 Å². The van der Waals surface area contributed by atoms with Crippen LogP contribution in [-0.4, -0.2) is 15.9 Å². The quantitative estimate of drug-likeness (QED) is 0.819. The Morgan fingerprint density at radius 3 is 2.38 bits per heavy atom. The van der Waals surface area contributed by atoms with Crippen LogP contribution in [0.25, 0.3) is 0 Å². The molecule has 0 aliphatic rings. The van der Waals surface area contributed by atoms with Crippen LogP contribution in [-0.2, 0) is 6.42 Å². The number of aryl methyl sites for hydroxylation is 3. The van der Waals surface area contributed by atoms with E-state index in [-0.39, 0.29) is 11.5 Å². The van der Waals surface area contributed by atoms with Crippen LogP contribution in [0.1, 0.15) is 36.1 Å². The van der Waals surface area contributed by atoms with Gasteiger partial charge in [0.1, 0.15) is 11.5 Å². The Labute approximate surface area is 125 Å². The van der Waals surface area contributed by atoms with E-state index < -0.39 is 0 Å². The highest BCUT2D eigenvalue weighted by molar-refractivity contribution is 6.03. The molecular formula is C18H21NO2. The van der Waals surface area contributed by atoms with Gasteiger partial charge in [0.05, 0.1) is 5.69 Å². The molecule has 2 N–H and O–H groups in total. The minimum atomic E-state index is 0.0516. The lowest BCUT2D eigenvalue weighted by atomic mass is 10.0. The summed E-state index contributed by atoms with van der Waals surface area (Å²) in [4.78, 5) is 4.61. The lowest BCUT2D eigenvalue weighted by Gasteiger charge is -2.10. The second-order valence-corrected chi connectivity index (χ2v) is 5.34. The van der Waals surface area contributed by atoms with E-state index >= 15 is 0 Å². The summed E-state index contributed by atoms with van der Waals surface area (Å²) in [6, 6.07) is 9.27. The van der Waals surface area contributed by atoms with Crippen molar-refractivity contribution >= 4 is 11.4 Å². The first-order chi connectivity index (χ1) is 9.92. The van der Waals surface area contributed by atoms with Gasteiger partial charge in [0.2, 0.25) is 0 Å². The highest BCUT2D eigenvalue weighted by Gasteiger charge is 2.10. The van der Waals surface area contributed by atoms with E-state index in [1.54, 1.807) is 6.07 Å². The van der Waals surface area contributed by atoms with Gasteiger partial charge in [-0.3, -0.25) is 4.99 Å². The molecule has 0 heterocycles. The van der Waals surface area contributed by atoms with Crippen molar-refractivity contribution in [1.82, 2.24) is 0 Å². The summed E-state index contributed by atoms with van der Waals surface area (Å²) in [5, 5.41) is 19.8. The molecule has 3 nitrogen and oxygen atoms in total. The zero-order chi connectivity index (χ0) is 15.6. The number of nitrogens with zero attached hydrogens (tertiary/aromatic N) is 1. The molecule has 0 aliphatic heterocycles. The Bertz CT molecular complexity index is 703. The van der Waals surface area contributed by atoms with Crippen molar-refractivity contribution in [3.63, 3.8) is 0 Å². The van der Waals surface area contributed by atoms with Gasteiger partial charge in [-0.15, -0.1) is 0 Å². The monoisotopic (exact) mass is 283 g/mol. The second kappa shape index (κ2) is 6.00. The Kier molecular flexibility index (Phi) is 4.32. The largest absolute Gasteiger partial charge is 0.508 e. The van der Waals surface area contributed by atoms with Crippen molar-refractivity contribution in [1.29, 1.82) is 0 Å². The van der Waals surface area contributed by atoms with E-state index in [0.29, 0.717) is 12.0 Å². The fourth-order valence-electron chi connectivity index (χ4n) is 2.37. The number of benzene rings is 2. The predicted molar refractivity (Wildman–Crippen MR) is 86.9 cm³/mol. The van der Waals surface area contributed by atoms with Gasteiger partial charge in [-0.05, 0) is 50.5 Å². The van der Waals surface area contributed by atoms with Gasteiger partial charge in [-0.1, -0.05) is 24.6 Å². The molecule has 0 atom stereocenters. The average Bonchev–Trinajstić information content (AvgIpc) is 2.42. The molecule has 0 unspecified atom stereocenters. The molecule has 0 aromatic heterocycles. The van der Waals surface area contributed by atoms with Crippen LogP contribution in [0.2, 0.25) is 0 Å². The van der Waals surface area contributed by atoms with Crippen LogP contribution in [0.15, 0.2) is 35.3 Å². The van der Waals surface area contributed by atoms with E-state index in [1.807, 2.05) is 39.8 Å². The molecule has 2 rings (SSSR count). The Morgan fingerprint density at radius 1 is 1.05 bits per heavy atom. The zero-order valence-corrected chi connectivity index (χ0v) is 12.9. The summed E-state index contributed by atoms with van der Waals surface area (Å²) >= 11 is 0. The number of phenols is 2. The van der Waals surface area contributed by atoms with Crippen molar-refractivity contribution in [2.45, 2.75) is 34.1 Å². The second-order valence-electron chi connectivity index (χ2n) is 5.34. The molecule has 0 saturated heterocycles. The first kappa shape index (κ1) is 15.1. The highest BCUT2D eigenvalue weighted by atomic mass is 16.3. The maximum absolute atomic E-state index is 10.0. The zero-order valence-electron chi connectivity index (χ0n) is 12.9. The number of hydrogen-bond acceptors (Lipinski definition) is 3. The van der Waals surface area contributed by atoms with E-state index in [1.165, 1.54) is 11.6 Å². The van der Waals surface area contributed by atoms with Gasteiger partial charge in [-0.25, -0.2) is 0 Å². The van der Waals surface area contributed by atoms with Gasteiger partial charge in [-0.2, -0.15) is 0 Å². The molecule has 0 bridgehead atoms. The minimum Gasteiger partial charge on any atom is -0.508 e. The van der Waals surface area contributed by atoms with Crippen LogP contribution < -0.4 is 0 Å². The molecular weight excluding hydrogens is 262 g/mol. The Hall–Kier alpha value is -2.29. The van der Waals surface area contributed by atoms with Gasteiger partial charge in [0.25, 0.3) is 0 Å². The van der Waals surface area contributed by atoms with Crippen molar-refractivity contribution in [2.24, 2.45) is 4.99 Å². The standard InChI is InChI=1S/C18H21NO2/c1-5-14-9-15(18(21)10-17(14)20)13(4)19-16-7-6-11(2)8-12(16)3/h6-10,20-21H,5H2,1-4H3. The van der Waals surface area contributed by atoms with Crippen molar-refractivity contribution < 1.29 is 10.2 Å². The fourth-order valence-corrected chi connectivity index (χ4v) is 2.37. The summed E-state index contributed by atoms with van der Waals surface area (Å²) in [5.74, 6) is 0.175. The SMILES string of the molecule is CCc1cc(C(C)=Nc2ccc(C)cc2C)c(O)cc1O. The summed E-state index contributed by atoms with van der Waals surface area (Å²) in [7, 11) is 0. The molecule has 0 spiro atoms. The molecule has 0 aliphatic carbocycles. The molecule has 21 heavy (non-hydrogen) atoms. The third-order valence-corrected chi connectivity index (χ3v) is 3.61. The first-order valence-corrected chi connectivity index (χ1v) is 7.10. The lowest BCUT2D eigenvalue weighted by Crippen LogP contribution is -1.97. The van der Waals surface area contributed by atoms with E-state index in [4.69, 9.17) is 0 Å². The molecule has 3 heteroatoms. The van der Waals surface area contributed by atoms with Crippen LogP contribution >= 0.6 is 0 Å². The fraction of sp³-hybridized carbons (Fsp3) is 0.278.